The van der Waals surface area contributed by atoms with Crippen molar-refractivity contribution in [2.75, 3.05) is 7.05 Å². The van der Waals surface area contributed by atoms with Crippen LogP contribution >= 0.6 is 0 Å². The van der Waals surface area contributed by atoms with Crippen molar-refractivity contribution in [2.45, 2.75) is 25.6 Å². The molecule has 122 valence electrons. The number of aromatic amines is 1. The van der Waals surface area contributed by atoms with Crippen molar-refractivity contribution in [3.63, 3.8) is 0 Å². The summed E-state index contributed by atoms with van der Waals surface area (Å²) in [6, 6.07) is 3.38. The van der Waals surface area contributed by atoms with Crippen LogP contribution in [0.4, 0.5) is 13.2 Å². The van der Waals surface area contributed by atoms with E-state index in [1.165, 1.54) is 6.07 Å². The highest BCUT2D eigenvalue weighted by Gasteiger charge is 2.30. The standard InChI is InChI=1S/C16H16F3N3O/c1-22(15(23)10-4-2-3-5-10)9-14-20-12-7-6-11(16(17,18)19)8-13(12)21-14/h2-3,6-8,10H,4-5,9H2,1H3,(H,20,21). The average molecular weight is 323 g/mol. The topological polar surface area (TPSA) is 49.0 Å². The van der Waals surface area contributed by atoms with Crippen LogP contribution in [0.25, 0.3) is 11.0 Å². The SMILES string of the molecule is CN(Cc1nc2ccc(C(F)(F)F)cc2[nH]1)C(=O)C1CC=CC1. The molecule has 1 N–H and O–H groups in total. The molecule has 4 nitrogen and oxygen atoms in total. The predicted molar refractivity (Wildman–Crippen MR) is 79.4 cm³/mol. The smallest absolute Gasteiger partial charge is 0.340 e. The third kappa shape index (κ3) is 3.23. The summed E-state index contributed by atoms with van der Waals surface area (Å²) in [5, 5.41) is 0. The highest BCUT2D eigenvalue weighted by molar-refractivity contribution is 5.80. The molecule has 1 aromatic heterocycles. The second-order valence-electron chi connectivity index (χ2n) is 5.75. The first-order valence-electron chi connectivity index (χ1n) is 7.30. The first-order chi connectivity index (χ1) is 10.8. The van der Waals surface area contributed by atoms with Gasteiger partial charge in [0.25, 0.3) is 0 Å². The molecule has 1 aliphatic carbocycles. The van der Waals surface area contributed by atoms with Crippen molar-refractivity contribution in [2.24, 2.45) is 5.92 Å². The molecule has 1 heterocycles. The van der Waals surface area contributed by atoms with Gasteiger partial charge in [-0.2, -0.15) is 13.2 Å². The fraction of sp³-hybridized carbons (Fsp3) is 0.375. The zero-order valence-electron chi connectivity index (χ0n) is 12.5. The molecule has 1 amide bonds. The van der Waals surface area contributed by atoms with E-state index in [1.54, 1.807) is 11.9 Å². The number of allylic oxidation sites excluding steroid dienone is 2. The Balaban J connectivity index is 1.76. The maximum absolute atomic E-state index is 12.7. The van der Waals surface area contributed by atoms with Gasteiger partial charge in [-0.1, -0.05) is 12.2 Å². The first kappa shape index (κ1) is 15.6. The Morgan fingerprint density at radius 2 is 2.04 bits per heavy atom. The van der Waals surface area contributed by atoms with E-state index in [4.69, 9.17) is 0 Å². The summed E-state index contributed by atoms with van der Waals surface area (Å²) in [5.41, 5.74) is 0.0521. The Labute approximate surface area is 131 Å². The van der Waals surface area contributed by atoms with Gasteiger partial charge in [0.2, 0.25) is 5.91 Å². The minimum absolute atomic E-state index is 0.0198. The number of nitrogens with one attached hydrogen (secondary N) is 1. The Morgan fingerprint density at radius 1 is 1.35 bits per heavy atom. The van der Waals surface area contributed by atoms with Gasteiger partial charge in [0.15, 0.2) is 0 Å². The van der Waals surface area contributed by atoms with Crippen LogP contribution in [0.15, 0.2) is 30.4 Å². The fourth-order valence-corrected chi connectivity index (χ4v) is 2.75. The number of aromatic nitrogens is 2. The molecule has 0 radical (unpaired) electrons. The predicted octanol–water partition coefficient (Wildman–Crippen LogP) is 3.51. The number of benzene rings is 1. The van der Waals surface area contributed by atoms with Gasteiger partial charge in [-0.3, -0.25) is 4.79 Å². The Morgan fingerprint density at radius 3 is 2.70 bits per heavy atom. The normalized spacial score (nSPS) is 15.5. The number of halogens is 3. The molecule has 0 unspecified atom stereocenters. The van der Waals surface area contributed by atoms with E-state index in [0.717, 1.165) is 25.0 Å². The van der Waals surface area contributed by atoms with Crippen LogP contribution in [-0.2, 0) is 17.5 Å². The molecule has 2 aromatic rings. The minimum atomic E-state index is -4.39. The first-order valence-corrected chi connectivity index (χ1v) is 7.30. The van der Waals surface area contributed by atoms with Gasteiger partial charge in [0.05, 0.1) is 23.1 Å². The van der Waals surface area contributed by atoms with E-state index < -0.39 is 11.7 Å². The minimum Gasteiger partial charge on any atom is -0.340 e. The van der Waals surface area contributed by atoms with Crippen LogP contribution in [0.3, 0.4) is 0 Å². The largest absolute Gasteiger partial charge is 0.416 e. The van der Waals surface area contributed by atoms with Gasteiger partial charge in [0.1, 0.15) is 5.82 Å². The fourth-order valence-electron chi connectivity index (χ4n) is 2.75. The number of imidazole rings is 1. The maximum Gasteiger partial charge on any atom is 0.416 e. The van der Waals surface area contributed by atoms with E-state index in [1.807, 2.05) is 12.2 Å². The molecular weight excluding hydrogens is 307 g/mol. The molecular formula is C16H16F3N3O. The molecule has 0 aliphatic heterocycles. The van der Waals surface area contributed by atoms with Crippen molar-refractivity contribution >= 4 is 16.9 Å². The number of carbonyl (C=O) groups is 1. The average Bonchev–Trinajstić information content (AvgIpc) is 3.13. The van der Waals surface area contributed by atoms with E-state index in [9.17, 15) is 18.0 Å². The number of hydrogen-bond acceptors (Lipinski definition) is 2. The monoisotopic (exact) mass is 323 g/mol. The Hall–Kier alpha value is -2.31. The highest BCUT2D eigenvalue weighted by atomic mass is 19.4. The number of rotatable bonds is 3. The molecule has 0 saturated carbocycles. The summed E-state index contributed by atoms with van der Waals surface area (Å²) in [4.78, 5) is 20.9. The van der Waals surface area contributed by atoms with E-state index in [-0.39, 0.29) is 18.4 Å². The number of amides is 1. The Kier molecular flexibility index (Phi) is 3.87. The van der Waals surface area contributed by atoms with E-state index >= 15 is 0 Å². The lowest BCUT2D eigenvalue weighted by Crippen LogP contribution is -2.31. The summed E-state index contributed by atoms with van der Waals surface area (Å²) in [7, 11) is 1.68. The van der Waals surface area contributed by atoms with Crippen LogP contribution in [0, 0.1) is 5.92 Å². The van der Waals surface area contributed by atoms with Gasteiger partial charge in [-0.15, -0.1) is 0 Å². The second kappa shape index (κ2) is 5.72. The van der Waals surface area contributed by atoms with Gasteiger partial charge < -0.3 is 9.88 Å². The molecule has 0 bridgehead atoms. The van der Waals surface area contributed by atoms with Crippen molar-refractivity contribution in [1.29, 1.82) is 0 Å². The summed E-state index contributed by atoms with van der Waals surface area (Å²) >= 11 is 0. The zero-order valence-corrected chi connectivity index (χ0v) is 12.5. The van der Waals surface area contributed by atoms with Gasteiger partial charge >= 0.3 is 6.18 Å². The third-order valence-corrected chi connectivity index (χ3v) is 3.98. The lowest BCUT2D eigenvalue weighted by molar-refractivity contribution is -0.137. The molecule has 23 heavy (non-hydrogen) atoms. The molecule has 7 heteroatoms. The number of fused-ring (bicyclic) bond motifs is 1. The van der Waals surface area contributed by atoms with Crippen molar-refractivity contribution in [1.82, 2.24) is 14.9 Å². The van der Waals surface area contributed by atoms with Crippen LogP contribution < -0.4 is 0 Å². The third-order valence-electron chi connectivity index (χ3n) is 3.98. The van der Waals surface area contributed by atoms with Crippen molar-refractivity contribution < 1.29 is 18.0 Å². The zero-order chi connectivity index (χ0) is 16.6. The van der Waals surface area contributed by atoms with Gasteiger partial charge in [-0.05, 0) is 31.0 Å². The van der Waals surface area contributed by atoms with Crippen molar-refractivity contribution in [3.05, 3.63) is 41.7 Å². The Bertz CT molecular complexity index is 756. The van der Waals surface area contributed by atoms with Crippen molar-refractivity contribution in [3.8, 4) is 0 Å². The molecule has 0 atom stereocenters. The van der Waals surface area contributed by atoms with Crippen LogP contribution in [0.1, 0.15) is 24.2 Å². The van der Waals surface area contributed by atoms with E-state index in [2.05, 4.69) is 9.97 Å². The number of hydrogen-bond donors (Lipinski definition) is 1. The van der Waals surface area contributed by atoms with Gasteiger partial charge in [0, 0.05) is 13.0 Å². The second-order valence-corrected chi connectivity index (χ2v) is 5.75. The highest BCUT2D eigenvalue weighted by Crippen LogP contribution is 2.31. The maximum atomic E-state index is 12.7. The van der Waals surface area contributed by atoms with Crippen LogP contribution in [-0.4, -0.2) is 27.8 Å². The van der Waals surface area contributed by atoms with Gasteiger partial charge in [-0.25, -0.2) is 4.98 Å². The number of H-pyrrole nitrogens is 1. The summed E-state index contributed by atoms with van der Waals surface area (Å²) in [6.45, 7) is 0.241. The summed E-state index contributed by atoms with van der Waals surface area (Å²) in [5.74, 6) is 0.453. The van der Waals surface area contributed by atoms with E-state index in [0.29, 0.717) is 16.9 Å². The molecule has 0 fully saturated rings. The number of carbonyl (C=O) groups excluding carboxylic acids is 1. The lowest BCUT2D eigenvalue weighted by atomic mass is 10.1. The molecule has 1 aliphatic rings. The number of alkyl halides is 3. The molecule has 3 rings (SSSR count). The molecule has 0 saturated heterocycles. The summed E-state index contributed by atoms with van der Waals surface area (Å²) in [6.07, 6.45) is 1.05. The number of nitrogens with zero attached hydrogens (tertiary/aromatic N) is 2. The summed E-state index contributed by atoms with van der Waals surface area (Å²) < 4.78 is 38.2. The van der Waals surface area contributed by atoms with Crippen LogP contribution in [0.2, 0.25) is 0 Å². The quantitative estimate of drug-likeness (QED) is 0.879. The lowest BCUT2D eigenvalue weighted by Gasteiger charge is -2.19. The van der Waals surface area contributed by atoms with Crippen LogP contribution in [0.5, 0.6) is 0 Å². The molecule has 0 spiro atoms. The molecule has 1 aromatic carbocycles.